The second-order valence-corrected chi connectivity index (χ2v) is 4.02. The summed E-state index contributed by atoms with van der Waals surface area (Å²) in [6.07, 6.45) is 1.66. The fourth-order valence-corrected chi connectivity index (χ4v) is 1.90. The Morgan fingerprint density at radius 3 is 2.63 bits per heavy atom. The molecule has 0 bridgehead atoms. The summed E-state index contributed by atoms with van der Waals surface area (Å²) < 4.78 is 1.59. The molecule has 0 atom stereocenters. The van der Waals surface area contributed by atoms with Gasteiger partial charge < -0.3 is 10.8 Å². The van der Waals surface area contributed by atoms with Crippen LogP contribution in [-0.4, -0.2) is 25.8 Å². The number of hydrogen-bond donors (Lipinski definition) is 2. The fourth-order valence-electron chi connectivity index (χ4n) is 1.90. The van der Waals surface area contributed by atoms with Crippen LogP contribution in [0, 0.1) is 0 Å². The molecule has 0 saturated heterocycles. The quantitative estimate of drug-likeness (QED) is 0.725. The van der Waals surface area contributed by atoms with E-state index in [1.165, 1.54) is 12.1 Å². The molecule has 0 unspecified atom stereocenters. The first-order chi connectivity index (χ1) is 9.16. The summed E-state index contributed by atoms with van der Waals surface area (Å²) in [5, 5.41) is 13.9. The van der Waals surface area contributed by atoms with E-state index >= 15 is 0 Å². The van der Waals surface area contributed by atoms with Crippen molar-refractivity contribution in [2.45, 2.75) is 0 Å². The number of benzene rings is 1. The maximum atomic E-state index is 10.8. The maximum absolute atomic E-state index is 10.8. The van der Waals surface area contributed by atoms with Gasteiger partial charge in [-0.1, -0.05) is 0 Å². The molecule has 6 nitrogen and oxygen atoms in total. The normalized spacial score (nSPS) is 10.7. The van der Waals surface area contributed by atoms with E-state index < -0.39 is 5.97 Å². The monoisotopic (exact) mass is 254 g/mol. The molecule has 0 aliphatic heterocycles. The number of nitrogen functional groups attached to an aromatic ring is 1. The van der Waals surface area contributed by atoms with Crippen LogP contribution in [0.2, 0.25) is 0 Å². The number of carbonyl (C=O) groups is 1. The van der Waals surface area contributed by atoms with Gasteiger partial charge in [0.1, 0.15) is 0 Å². The van der Waals surface area contributed by atoms with E-state index in [2.05, 4.69) is 10.1 Å². The number of aromatic carboxylic acids is 1. The third-order valence-corrected chi connectivity index (χ3v) is 2.83. The van der Waals surface area contributed by atoms with Crippen LogP contribution in [0.25, 0.3) is 16.7 Å². The third-order valence-electron chi connectivity index (χ3n) is 2.83. The summed E-state index contributed by atoms with van der Waals surface area (Å²) in [4.78, 5) is 15.1. The first kappa shape index (κ1) is 11.2. The predicted molar refractivity (Wildman–Crippen MR) is 70.2 cm³/mol. The van der Waals surface area contributed by atoms with Crippen LogP contribution in [0.15, 0.2) is 42.6 Å². The molecule has 3 aromatic rings. The summed E-state index contributed by atoms with van der Waals surface area (Å²) in [6, 6.07) is 10.0. The zero-order valence-electron chi connectivity index (χ0n) is 9.82. The third kappa shape index (κ3) is 1.79. The average molecular weight is 254 g/mol. The Balaban J connectivity index is 2.16. The van der Waals surface area contributed by atoms with Gasteiger partial charge >= 0.3 is 5.97 Å². The Morgan fingerprint density at radius 2 is 1.95 bits per heavy atom. The number of carboxylic acid groups (broad SMARTS) is 1. The molecule has 0 fully saturated rings. The molecule has 0 aliphatic carbocycles. The molecule has 3 N–H and O–H groups in total. The number of fused-ring (bicyclic) bond motifs is 1. The smallest absolute Gasteiger partial charge is 0.335 e. The number of pyridine rings is 1. The van der Waals surface area contributed by atoms with Crippen molar-refractivity contribution in [3.05, 3.63) is 48.2 Å². The zero-order valence-corrected chi connectivity index (χ0v) is 9.82. The Hall–Kier alpha value is -2.89. The molecule has 1 aromatic carbocycles. The van der Waals surface area contributed by atoms with Gasteiger partial charge in [-0.2, -0.15) is 0 Å². The van der Waals surface area contributed by atoms with Gasteiger partial charge in [0.2, 0.25) is 0 Å². The van der Waals surface area contributed by atoms with E-state index in [-0.39, 0.29) is 5.56 Å². The van der Waals surface area contributed by atoms with E-state index in [1.807, 2.05) is 6.07 Å². The van der Waals surface area contributed by atoms with E-state index in [9.17, 15) is 4.79 Å². The van der Waals surface area contributed by atoms with Crippen LogP contribution in [0.5, 0.6) is 0 Å². The van der Waals surface area contributed by atoms with Gasteiger partial charge in [-0.3, -0.25) is 0 Å². The number of rotatable bonds is 2. The summed E-state index contributed by atoms with van der Waals surface area (Å²) in [5.74, 6) is -0.570. The lowest BCUT2D eigenvalue weighted by Crippen LogP contribution is -2.00. The minimum atomic E-state index is -0.963. The molecule has 0 aliphatic rings. The first-order valence-corrected chi connectivity index (χ1v) is 5.60. The van der Waals surface area contributed by atoms with Crippen LogP contribution in [-0.2, 0) is 0 Å². The Labute approximate surface area is 108 Å². The first-order valence-electron chi connectivity index (χ1n) is 5.60. The SMILES string of the molecule is Nc1nn(-c2ccc(C(=O)O)cc2)c2ncccc12. The van der Waals surface area contributed by atoms with Crippen LogP contribution < -0.4 is 5.73 Å². The molecule has 0 radical (unpaired) electrons. The minimum Gasteiger partial charge on any atom is -0.478 e. The van der Waals surface area contributed by atoms with Crippen molar-refractivity contribution >= 4 is 22.8 Å². The molecule has 6 heteroatoms. The van der Waals surface area contributed by atoms with E-state index in [0.29, 0.717) is 17.2 Å². The fraction of sp³-hybridized carbons (Fsp3) is 0. The van der Waals surface area contributed by atoms with Gasteiger partial charge in [0.05, 0.1) is 16.6 Å². The van der Waals surface area contributed by atoms with Gasteiger partial charge in [-0.15, -0.1) is 5.10 Å². The average Bonchev–Trinajstić information content (AvgIpc) is 2.77. The van der Waals surface area contributed by atoms with Crippen LogP contribution >= 0.6 is 0 Å². The molecular formula is C13H10N4O2. The maximum Gasteiger partial charge on any atom is 0.335 e. The topological polar surface area (TPSA) is 94.0 Å². The Kier molecular flexibility index (Phi) is 2.42. The van der Waals surface area contributed by atoms with Gasteiger partial charge in [0, 0.05) is 6.20 Å². The van der Waals surface area contributed by atoms with Crippen molar-refractivity contribution in [1.82, 2.24) is 14.8 Å². The highest BCUT2D eigenvalue weighted by Gasteiger charge is 2.10. The molecule has 0 amide bonds. The highest BCUT2D eigenvalue weighted by atomic mass is 16.4. The molecule has 19 heavy (non-hydrogen) atoms. The van der Waals surface area contributed by atoms with Crippen LogP contribution in [0.1, 0.15) is 10.4 Å². The van der Waals surface area contributed by atoms with Crippen molar-refractivity contribution in [3.8, 4) is 5.69 Å². The summed E-state index contributed by atoms with van der Waals surface area (Å²) in [5.41, 5.74) is 7.40. The highest BCUT2D eigenvalue weighted by Crippen LogP contribution is 2.21. The number of hydrogen-bond acceptors (Lipinski definition) is 4. The number of nitrogens with two attached hydrogens (primary N) is 1. The minimum absolute atomic E-state index is 0.223. The van der Waals surface area contributed by atoms with Crippen LogP contribution in [0.3, 0.4) is 0 Å². The Morgan fingerprint density at radius 1 is 1.21 bits per heavy atom. The molecule has 0 spiro atoms. The van der Waals surface area contributed by atoms with E-state index in [1.54, 1.807) is 29.1 Å². The lowest BCUT2D eigenvalue weighted by Gasteiger charge is -2.02. The van der Waals surface area contributed by atoms with Crippen molar-refractivity contribution in [2.24, 2.45) is 0 Å². The number of anilines is 1. The van der Waals surface area contributed by atoms with Crippen molar-refractivity contribution in [1.29, 1.82) is 0 Å². The number of nitrogens with zero attached hydrogens (tertiary/aromatic N) is 3. The standard InChI is InChI=1S/C13H10N4O2/c14-11-10-2-1-7-15-12(10)17(16-11)9-5-3-8(4-6-9)13(18)19/h1-7H,(H2,14,16)(H,18,19). The van der Waals surface area contributed by atoms with Gasteiger partial charge in [-0.25, -0.2) is 14.5 Å². The summed E-state index contributed by atoms with van der Waals surface area (Å²) >= 11 is 0. The van der Waals surface area contributed by atoms with Crippen molar-refractivity contribution < 1.29 is 9.90 Å². The predicted octanol–water partition coefficient (Wildman–Crippen LogP) is 1.70. The van der Waals surface area contributed by atoms with Gasteiger partial charge in [-0.05, 0) is 36.4 Å². The molecular weight excluding hydrogens is 244 g/mol. The summed E-state index contributed by atoms with van der Waals surface area (Å²) in [7, 11) is 0. The second-order valence-electron chi connectivity index (χ2n) is 4.02. The van der Waals surface area contributed by atoms with E-state index in [4.69, 9.17) is 10.8 Å². The summed E-state index contributed by atoms with van der Waals surface area (Å²) in [6.45, 7) is 0. The highest BCUT2D eigenvalue weighted by molar-refractivity contribution is 5.89. The van der Waals surface area contributed by atoms with Crippen LogP contribution in [0.4, 0.5) is 5.82 Å². The second kappa shape index (κ2) is 4.09. The van der Waals surface area contributed by atoms with Gasteiger partial charge in [0.15, 0.2) is 11.5 Å². The molecule has 3 rings (SSSR count). The molecule has 2 aromatic heterocycles. The number of aromatic nitrogens is 3. The Bertz CT molecular complexity index is 762. The lowest BCUT2D eigenvalue weighted by atomic mass is 10.2. The zero-order chi connectivity index (χ0) is 13.4. The largest absolute Gasteiger partial charge is 0.478 e. The van der Waals surface area contributed by atoms with Gasteiger partial charge in [0.25, 0.3) is 0 Å². The molecule has 0 saturated carbocycles. The van der Waals surface area contributed by atoms with Crippen molar-refractivity contribution in [2.75, 3.05) is 5.73 Å². The lowest BCUT2D eigenvalue weighted by molar-refractivity contribution is 0.0697. The van der Waals surface area contributed by atoms with E-state index in [0.717, 1.165) is 5.39 Å². The molecule has 2 heterocycles. The van der Waals surface area contributed by atoms with Crippen molar-refractivity contribution in [3.63, 3.8) is 0 Å². The molecule has 94 valence electrons. The number of carboxylic acids is 1.